The molecule has 1 aromatic heterocycles. The molecular weight excluding hydrogens is 395 g/mol. The highest BCUT2D eigenvalue weighted by molar-refractivity contribution is 7.80. The van der Waals surface area contributed by atoms with Crippen LogP contribution in [0.1, 0.15) is 17.4 Å². The average molecular weight is 407 g/mol. The molecule has 0 spiro atoms. The van der Waals surface area contributed by atoms with Crippen molar-refractivity contribution in [2.75, 3.05) is 0 Å². The Hall–Kier alpha value is -2.32. The molecule has 26 heavy (non-hydrogen) atoms. The molecule has 0 amide bonds. The van der Waals surface area contributed by atoms with E-state index in [1.165, 1.54) is 0 Å². The lowest BCUT2D eigenvalue weighted by molar-refractivity contribution is 0.248. The van der Waals surface area contributed by atoms with Crippen molar-refractivity contribution < 1.29 is 5.11 Å². The van der Waals surface area contributed by atoms with Crippen LogP contribution in [0.2, 0.25) is 10.0 Å². The summed E-state index contributed by atoms with van der Waals surface area (Å²) in [7, 11) is 0. The fraction of sp³-hybridized carbons (Fsp3) is 0.0588. The topological polar surface area (TPSA) is 104 Å². The zero-order chi connectivity index (χ0) is 18.8. The molecule has 0 radical (unpaired) electrons. The summed E-state index contributed by atoms with van der Waals surface area (Å²) in [6.45, 7) is 0. The summed E-state index contributed by atoms with van der Waals surface area (Å²) in [5, 5.41) is 11.3. The first-order valence-electron chi connectivity index (χ1n) is 7.37. The van der Waals surface area contributed by atoms with Crippen LogP contribution in [-0.4, -0.2) is 25.9 Å². The monoisotopic (exact) mass is 406 g/mol. The highest BCUT2D eigenvalue weighted by Crippen LogP contribution is 2.25. The number of aromatic amines is 1. The van der Waals surface area contributed by atoms with Crippen molar-refractivity contribution in [1.29, 1.82) is 0 Å². The molecule has 132 valence electrons. The third-order valence-corrected chi connectivity index (χ3v) is 4.26. The van der Waals surface area contributed by atoms with Crippen molar-refractivity contribution in [3.8, 4) is 0 Å². The Balaban J connectivity index is 2.21. The van der Waals surface area contributed by atoms with E-state index >= 15 is 0 Å². The van der Waals surface area contributed by atoms with Gasteiger partial charge >= 0.3 is 0 Å². The molecule has 0 bridgehead atoms. The van der Waals surface area contributed by atoms with Crippen LogP contribution >= 0.6 is 35.4 Å². The van der Waals surface area contributed by atoms with E-state index in [1.807, 2.05) is 0 Å². The molecular formula is C17H12Cl2N4O2S. The predicted octanol–water partition coefficient (Wildman–Crippen LogP) is 3.00. The predicted molar refractivity (Wildman–Crippen MR) is 107 cm³/mol. The van der Waals surface area contributed by atoms with Crippen molar-refractivity contribution >= 4 is 57.3 Å². The number of hydrogen-bond acceptors (Lipinski definition) is 4. The first-order chi connectivity index (χ1) is 12.4. The number of nitrogens with zero attached hydrogens (tertiary/aromatic N) is 2. The minimum Gasteiger partial charge on any atom is -0.382 e. The van der Waals surface area contributed by atoms with Crippen LogP contribution in [0.5, 0.6) is 0 Å². The van der Waals surface area contributed by atoms with E-state index in [4.69, 9.17) is 41.2 Å². The van der Waals surface area contributed by atoms with Crippen LogP contribution in [0.4, 0.5) is 0 Å². The largest absolute Gasteiger partial charge is 0.382 e. The second kappa shape index (κ2) is 7.51. The first-order valence-corrected chi connectivity index (χ1v) is 8.53. The van der Waals surface area contributed by atoms with E-state index in [1.54, 1.807) is 42.5 Å². The van der Waals surface area contributed by atoms with E-state index in [2.05, 4.69) is 15.0 Å². The maximum absolute atomic E-state index is 12.5. The summed E-state index contributed by atoms with van der Waals surface area (Å²) in [4.78, 5) is 23.4. The van der Waals surface area contributed by atoms with Crippen LogP contribution in [-0.2, 0) is 0 Å². The summed E-state index contributed by atoms with van der Waals surface area (Å²) in [5.41, 5.74) is 6.00. The number of benzene rings is 2. The maximum Gasteiger partial charge on any atom is 0.276 e. The summed E-state index contributed by atoms with van der Waals surface area (Å²) >= 11 is 16.9. The number of aliphatic hydroxyl groups excluding tert-OH is 1. The van der Waals surface area contributed by atoms with Gasteiger partial charge in [0.2, 0.25) is 0 Å². The molecule has 9 heteroatoms. The second-order valence-electron chi connectivity index (χ2n) is 5.34. The van der Waals surface area contributed by atoms with Crippen LogP contribution in [0, 0.1) is 0 Å². The number of nitrogens with one attached hydrogen (secondary N) is 1. The highest BCUT2D eigenvalue weighted by Gasteiger charge is 2.24. The number of H-pyrrole nitrogens is 1. The lowest BCUT2D eigenvalue weighted by atomic mass is 10.0. The maximum atomic E-state index is 12.5. The third-order valence-electron chi connectivity index (χ3n) is 3.59. The first kappa shape index (κ1) is 18.5. The Morgan fingerprint density at radius 3 is 2.69 bits per heavy atom. The number of halogens is 2. The van der Waals surface area contributed by atoms with Gasteiger partial charge in [-0.15, -0.1) is 0 Å². The zero-order valence-electron chi connectivity index (χ0n) is 13.1. The molecule has 3 aromatic rings. The number of aliphatic imine (C=N–C) groups is 1. The molecule has 4 N–H and O–H groups in total. The van der Waals surface area contributed by atoms with Crippen molar-refractivity contribution in [2.24, 2.45) is 10.7 Å². The Kier molecular flexibility index (Phi) is 5.33. The van der Waals surface area contributed by atoms with Gasteiger partial charge in [-0.1, -0.05) is 41.4 Å². The van der Waals surface area contributed by atoms with E-state index in [9.17, 15) is 9.90 Å². The Bertz CT molecular complexity index is 1100. The van der Waals surface area contributed by atoms with Gasteiger partial charge in [0.25, 0.3) is 5.56 Å². The number of nitrogens with two attached hydrogens (primary N) is 1. The Labute approximate surface area is 163 Å². The van der Waals surface area contributed by atoms with Crippen LogP contribution in [0.3, 0.4) is 0 Å². The van der Waals surface area contributed by atoms with Crippen molar-refractivity contribution in [2.45, 2.75) is 6.10 Å². The number of aliphatic hydroxyl groups is 1. The quantitative estimate of drug-likeness (QED) is 0.458. The van der Waals surface area contributed by atoms with E-state index < -0.39 is 11.7 Å². The minimum atomic E-state index is -1.34. The summed E-state index contributed by atoms with van der Waals surface area (Å²) in [6, 6.07) is 11.5. The number of rotatable bonds is 3. The van der Waals surface area contributed by atoms with E-state index in [0.717, 1.165) is 0 Å². The van der Waals surface area contributed by atoms with Gasteiger partial charge in [-0.2, -0.15) is 0 Å². The molecule has 1 atom stereocenters. The number of fused-ring (bicyclic) bond motifs is 1. The average Bonchev–Trinajstić information content (AvgIpc) is 2.59. The van der Waals surface area contributed by atoms with Gasteiger partial charge in [-0.25, -0.2) is 9.98 Å². The summed E-state index contributed by atoms with van der Waals surface area (Å²) in [5.74, 6) is 0. The zero-order valence-corrected chi connectivity index (χ0v) is 15.4. The van der Waals surface area contributed by atoms with Gasteiger partial charge in [-0.3, -0.25) is 4.79 Å². The normalized spacial score (nSPS) is 13.0. The summed E-state index contributed by atoms with van der Waals surface area (Å²) in [6.07, 6.45) is -1.34. The SMILES string of the molecule is NC(=S)/N=C(\c1nc2ccc(Cl)cc2[nH]c1=O)C(O)c1ccccc1Cl. The molecule has 0 fully saturated rings. The van der Waals surface area contributed by atoms with Gasteiger partial charge in [0.05, 0.1) is 11.0 Å². The number of thiocarbonyl (C=S) groups is 1. The van der Waals surface area contributed by atoms with Crippen LogP contribution < -0.4 is 11.3 Å². The molecule has 0 aliphatic carbocycles. The number of hydrogen-bond donors (Lipinski definition) is 3. The van der Waals surface area contributed by atoms with Gasteiger partial charge < -0.3 is 15.8 Å². The van der Waals surface area contributed by atoms with E-state index in [-0.39, 0.29) is 16.5 Å². The van der Waals surface area contributed by atoms with Crippen molar-refractivity contribution in [3.05, 3.63) is 74.1 Å². The van der Waals surface area contributed by atoms with Gasteiger partial charge in [0.1, 0.15) is 11.8 Å². The second-order valence-corrected chi connectivity index (χ2v) is 6.60. The third kappa shape index (κ3) is 3.76. The lowest BCUT2D eigenvalue weighted by Gasteiger charge is -2.15. The molecule has 1 unspecified atom stereocenters. The van der Waals surface area contributed by atoms with Gasteiger partial charge in [0.15, 0.2) is 10.8 Å². The minimum absolute atomic E-state index is 0.0938. The molecule has 3 rings (SSSR count). The fourth-order valence-electron chi connectivity index (χ4n) is 2.44. The molecule has 1 heterocycles. The molecule has 0 aliphatic heterocycles. The lowest BCUT2D eigenvalue weighted by Crippen LogP contribution is -2.27. The molecule has 0 saturated heterocycles. The Morgan fingerprint density at radius 1 is 1.27 bits per heavy atom. The summed E-state index contributed by atoms with van der Waals surface area (Å²) < 4.78 is 0. The fourth-order valence-corrected chi connectivity index (χ4v) is 2.95. The highest BCUT2D eigenvalue weighted by atomic mass is 35.5. The van der Waals surface area contributed by atoms with E-state index in [0.29, 0.717) is 26.6 Å². The van der Waals surface area contributed by atoms with Gasteiger partial charge in [-0.05, 0) is 36.5 Å². The number of aromatic nitrogens is 2. The molecule has 6 nitrogen and oxygen atoms in total. The molecule has 0 saturated carbocycles. The Morgan fingerprint density at radius 2 is 2.00 bits per heavy atom. The smallest absolute Gasteiger partial charge is 0.276 e. The molecule has 2 aromatic carbocycles. The van der Waals surface area contributed by atoms with Crippen molar-refractivity contribution in [1.82, 2.24) is 9.97 Å². The molecule has 0 aliphatic rings. The van der Waals surface area contributed by atoms with Crippen molar-refractivity contribution in [3.63, 3.8) is 0 Å². The van der Waals surface area contributed by atoms with Gasteiger partial charge in [0, 0.05) is 15.6 Å². The van der Waals surface area contributed by atoms with Crippen LogP contribution in [0.25, 0.3) is 11.0 Å². The standard InChI is InChI=1S/C17H12Cl2N4O2S/c18-8-5-6-11-12(7-8)22-16(25)14(21-11)13(23-17(20)26)15(24)9-3-1-2-4-10(9)19/h1-7,15,24H,(H2,20,26)(H,22,25)/b23-13+. The van der Waals surface area contributed by atoms with Crippen LogP contribution in [0.15, 0.2) is 52.3 Å².